The largest absolute Gasteiger partial charge is 0.466 e. The Balaban J connectivity index is 3.31. The summed E-state index contributed by atoms with van der Waals surface area (Å²) in [6.45, 7) is 4.96. The average molecular weight is 1320 g/mol. The van der Waals surface area contributed by atoms with Gasteiger partial charge in [0.1, 0.15) is 0 Å². The number of ether oxygens (including phenoxy) is 1. The monoisotopic (exact) mass is 1320 g/mol. The highest BCUT2D eigenvalue weighted by molar-refractivity contribution is 5.76. The Labute approximate surface area is 590 Å². The lowest BCUT2D eigenvalue weighted by Crippen LogP contribution is -2.45. The molecule has 2 atom stereocenters. The van der Waals surface area contributed by atoms with Crippen LogP contribution in [0.3, 0.4) is 0 Å². The smallest absolute Gasteiger partial charge is 0.305 e. The molecule has 0 spiro atoms. The Bertz CT molecular complexity index is 1480. The van der Waals surface area contributed by atoms with Gasteiger partial charge in [-0.1, -0.05) is 456 Å². The lowest BCUT2D eigenvalue weighted by atomic mass is 10.0. The molecule has 94 heavy (non-hydrogen) atoms. The minimum Gasteiger partial charge on any atom is -0.466 e. The van der Waals surface area contributed by atoms with Crippen LogP contribution in [0.25, 0.3) is 0 Å². The van der Waals surface area contributed by atoms with Gasteiger partial charge in [-0.2, -0.15) is 0 Å². The number of hydrogen-bond donors (Lipinski definition) is 3. The summed E-state index contributed by atoms with van der Waals surface area (Å²) in [6.07, 6.45) is 109. The summed E-state index contributed by atoms with van der Waals surface area (Å²) in [6, 6.07) is -0.624. The molecule has 6 nitrogen and oxygen atoms in total. The number of nitrogens with one attached hydrogen (secondary N) is 1. The van der Waals surface area contributed by atoms with E-state index >= 15 is 0 Å². The lowest BCUT2D eigenvalue weighted by Gasteiger charge is -2.20. The summed E-state index contributed by atoms with van der Waals surface area (Å²) in [7, 11) is 0. The van der Waals surface area contributed by atoms with E-state index in [2.05, 4.69) is 31.3 Å². The Hall–Kier alpha value is -1.66. The first kappa shape index (κ1) is 92.3. The summed E-state index contributed by atoms with van der Waals surface area (Å²) >= 11 is 0. The minimum absolute atomic E-state index is 0.0217. The zero-order valence-electron chi connectivity index (χ0n) is 64.2. The molecule has 1 amide bonds. The van der Waals surface area contributed by atoms with Gasteiger partial charge in [-0.25, -0.2) is 0 Å². The van der Waals surface area contributed by atoms with Crippen molar-refractivity contribution in [3.05, 3.63) is 24.3 Å². The molecule has 0 saturated heterocycles. The summed E-state index contributed by atoms with van der Waals surface area (Å²) in [5.74, 6) is -0.0348. The van der Waals surface area contributed by atoms with Crippen LogP contribution in [0, 0.1) is 0 Å². The molecule has 0 saturated carbocycles. The van der Waals surface area contributed by atoms with Crippen LogP contribution in [0.5, 0.6) is 0 Å². The van der Waals surface area contributed by atoms with Crippen molar-refractivity contribution in [1.82, 2.24) is 5.32 Å². The van der Waals surface area contributed by atoms with E-state index in [1.165, 1.54) is 437 Å². The van der Waals surface area contributed by atoms with E-state index in [4.69, 9.17) is 4.74 Å². The second kappa shape index (κ2) is 83.8. The molecule has 0 aliphatic rings. The Kier molecular flexibility index (Phi) is 82.3. The number of carbonyl (C=O) groups is 2. The summed E-state index contributed by atoms with van der Waals surface area (Å²) in [5.41, 5.74) is 0. The van der Waals surface area contributed by atoms with Crippen LogP contribution in [0.2, 0.25) is 0 Å². The van der Waals surface area contributed by atoms with E-state index in [9.17, 15) is 19.8 Å². The summed E-state index contributed by atoms with van der Waals surface area (Å²) in [4.78, 5) is 24.7. The van der Waals surface area contributed by atoms with Crippen molar-refractivity contribution < 1.29 is 24.5 Å². The number of hydrogen-bond acceptors (Lipinski definition) is 5. The van der Waals surface area contributed by atoms with Crippen LogP contribution in [-0.4, -0.2) is 47.4 Å². The van der Waals surface area contributed by atoms with Gasteiger partial charge in [0.25, 0.3) is 0 Å². The number of rotatable bonds is 83. The third-order valence-corrected chi connectivity index (χ3v) is 20.7. The molecule has 6 heteroatoms. The highest BCUT2D eigenvalue weighted by Gasteiger charge is 2.18. The highest BCUT2D eigenvalue weighted by Crippen LogP contribution is 2.21. The van der Waals surface area contributed by atoms with Gasteiger partial charge in [0.05, 0.1) is 25.4 Å². The summed E-state index contributed by atoms with van der Waals surface area (Å²) < 4.78 is 5.52. The maximum Gasteiger partial charge on any atom is 0.305 e. The number of aliphatic hydroxyl groups is 2. The number of esters is 1. The molecular weight excluding hydrogens is 1150 g/mol. The highest BCUT2D eigenvalue weighted by atomic mass is 16.5. The van der Waals surface area contributed by atoms with Crippen molar-refractivity contribution in [1.29, 1.82) is 0 Å². The van der Waals surface area contributed by atoms with Crippen molar-refractivity contribution in [2.75, 3.05) is 13.2 Å². The van der Waals surface area contributed by atoms with Crippen LogP contribution in [-0.2, 0) is 14.3 Å². The van der Waals surface area contributed by atoms with Crippen LogP contribution >= 0.6 is 0 Å². The third-order valence-electron chi connectivity index (χ3n) is 20.7. The molecule has 0 rings (SSSR count). The van der Waals surface area contributed by atoms with Crippen LogP contribution < -0.4 is 5.32 Å². The van der Waals surface area contributed by atoms with Gasteiger partial charge in [0.2, 0.25) is 5.91 Å². The number of aliphatic hydroxyl groups excluding tert-OH is 2. The molecule has 558 valence electrons. The van der Waals surface area contributed by atoms with E-state index in [0.29, 0.717) is 19.4 Å². The molecule has 0 bridgehead atoms. The molecular formula is C88H171NO5. The predicted octanol–water partition coefficient (Wildman–Crippen LogP) is 29.2. The van der Waals surface area contributed by atoms with Crippen LogP contribution in [0.4, 0.5) is 0 Å². The molecule has 0 heterocycles. The minimum atomic E-state index is -0.841. The van der Waals surface area contributed by atoms with Crippen molar-refractivity contribution >= 4 is 11.9 Å². The van der Waals surface area contributed by atoms with Gasteiger partial charge < -0.3 is 20.3 Å². The van der Waals surface area contributed by atoms with Gasteiger partial charge in [0.15, 0.2) is 0 Å². The van der Waals surface area contributed by atoms with Crippen LogP contribution in [0.15, 0.2) is 24.3 Å². The van der Waals surface area contributed by atoms with Crippen molar-refractivity contribution in [3.8, 4) is 0 Å². The Morgan fingerprint density at radius 2 is 0.500 bits per heavy atom. The van der Waals surface area contributed by atoms with E-state index in [-0.39, 0.29) is 18.5 Å². The molecule has 0 fully saturated rings. The third kappa shape index (κ3) is 79.3. The molecule has 0 aromatic heterocycles. The SMILES string of the molecule is CCCCCCCC/C=C\CCCCCCCCCC(=O)OCCCCCCCCCCCCCCCCCCCCCCCCCCCCCCCCCCCCCCCCCC(=O)NC(CO)C(O)/C=C/CCCCCCCCCCCCCCCCCCCCC. The topological polar surface area (TPSA) is 95.9 Å². The summed E-state index contributed by atoms with van der Waals surface area (Å²) in [5, 5.41) is 23.3. The molecule has 0 aromatic carbocycles. The number of carbonyl (C=O) groups excluding carboxylic acids is 2. The Morgan fingerprint density at radius 3 is 0.755 bits per heavy atom. The zero-order valence-corrected chi connectivity index (χ0v) is 64.2. The number of allylic oxidation sites excluding steroid dienone is 3. The molecule has 0 aliphatic carbocycles. The fourth-order valence-corrected chi connectivity index (χ4v) is 14.1. The number of unbranched alkanes of at least 4 members (excludes halogenated alkanes) is 70. The van der Waals surface area contributed by atoms with Crippen molar-refractivity contribution in [2.45, 2.75) is 514 Å². The average Bonchev–Trinajstić information content (AvgIpc) is 3.55. The van der Waals surface area contributed by atoms with Gasteiger partial charge in [0, 0.05) is 12.8 Å². The van der Waals surface area contributed by atoms with E-state index < -0.39 is 12.1 Å². The second-order valence-electron chi connectivity index (χ2n) is 30.2. The van der Waals surface area contributed by atoms with E-state index in [1.54, 1.807) is 6.08 Å². The normalized spacial score (nSPS) is 12.5. The molecule has 0 aromatic rings. The predicted molar refractivity (Wildman–Crippen MR) is 417 cm³/mol. The van der Waals surface area contributed by atoms with E-state index in [1.807, 2.05) is 6.08 Å². The molecule has 0 aliphatic heterocycles. The fraction of sp³-hybridized carbons (Fsp3) is 0.932. The van der Waals surface area contributed by atoms with Gasteiger partial charge in [-0.05, 0) is 57.8 Å². The maximum atomic E-state index is 12.6. The van der Waals surface area contributed by atoms with Crippen LogP contribution in [0.1, 0.15) is 502 Å². The standard InChI is InChI=1S/C88H171NO5/c1-3-5-7-9-11-13-15-17-19-21-22-42-45-49-52-56-60-64-68-72-76-80-86(91)85(84-90)89-87(92)81-77-73-69-65-61-57-53-50-46-43-40-38-36-34-32-30-28-26-24-23-25-27-29-31-33-35-37-39-41-44-47-51-55-59-63-67-71-75-79-83-94-88(93)82-78-74-70-66-62-58-54-48-20-18-16-14-12-10-8-6-4-2/h18,20,76,80,85-86,90-91H,3-17,19,21-75,77-79,81-84H2,1-2H3,(H,89,92)/b20-18-,80-76+. The van der Waals surface area contributed by atoms with Crippen molar-refractivity contribution in [3.63, 3.8) is 0 Å². The molecule has 3 N–H and O–H groups in total. The van der Waals surface area contributed by atoms with Gasteiger partial charge in [-0.3, -0.25) is 9.59 Å². The first-order chi connectivity index (χ1) is 46.5. The van der Waals surface area contributed by atoms with Crippen molar-refractivity contribution in [2.24, 2.45) is 0 Å². The Morgan fingerprint density at radius 1 is 0.287 bits per heavy atom. The molecule has 0 radical (unpaired) electrons. The molecule has 2 unspecified atom stereocenters. The van der Waals surface area contributed by atoms with E-state index in [0.717, 1.165) is 38.5 Å². The lowest BCUT2D eigenvalue weighted by molar-refractivity contribution is -0.143. The van der Waals surface area contributed by atoms with Gasteiger partial charge in [-0.15, -0.1) is 0 Å². The first-order valence-corrected chi connectivity index (χ1v) is 43.6. The zero-order chi connectivity index (χ0) is 67.7. The van der Waals surface area contributed by atoms with Gasteiger partial charge >= 0.3 is 5.97 Å². The first-order valence-electron chi connectivity index (χ1n) is 43.6. The maximum absolute atomic E-state index is 12.6. The quantitative estimate of drug-likeness (QED) is 0.0320. The fourth-order valence-electron chi connectivity index (χ4n) is 14.1. The number of amides is 1. The second-order valence-corrected chi connectivity index (χ2v) is 30.2.